The van der Waals surface area contributed by atoms with Crippen molar-refractivity contribution in [2.75, 3.05) is 18.5 Å². The molecule has 0 saturated heterocycles. The molecule has 0 radical (unpaired) electrons. The van der Waals surface area contributed by atoms with Crippen LogP contribution in [0.15, 0.2) is 18.2 Å². The van der Waals surface area contributed by atoms with E-state index in [4.69, 9.17) is 0 Å². The van der Waals surface area contributed by atoms with Gasteiger partial charge in [0, 0.05) is 30.2 Å². The molecule has 0 unspecified atom stereocenters. The first-order chi connectivity index (χ1) is 6.70. The van der Waals surface area contributed by atoms with Crippen molar-refractivity contribution < 1.29 is 4.39 Å². The lowest BCUT2D eigenvalue weighted by molar-refractivity contribution is 0.616. The highest BCUT2D eigenvalue weighted by Gasteiger charge is 2.09. The Hall–Kier alpha value is -0.570. The molecule has 0 amide bonds. The minimum Gasteiger partial charge on any atom is -0.374 e. The summed E-state index contributed by atoms with van der Waals surface area (Å²) in [6.45, 7) is 3.06. The minimum atomic E-state index is -0.137. The summed E-state index contributed by atoms with van der Waals surface area (Å²) in [4.78, 5) is 2.08. The van der Waals surface area contributed by atoms with Crippen LogP contribution in [0.25, 0.3) is 0 Å². The van der Waals surface area contributed by atoms with Gasteiger partial charge in [-0.2, -0.15) is 0 Å². The van der Waals surface area contributed by atoms with E-state index in [0.717, 1.165) is 24.2 Å². The van der Waals surface area contributed by atoms with Crippen LogP contribution in [-0.2, 0) is 5.33 Å². The Morgan fingerprint density at radius 2 is 2.14 bits per heavy atom. The van der Waals surface area contributed by atoms with Crippen LogP contribution in [0.5, 0.6) is 0 Å². The zero-order chi connectivity index (χ0) is 10.6. The van der Waals surface area contributed by atoms with Crippen LogP contribution >= 0.6 is 15.9 Å². The van der Waals surface area contributed by atoms with Crippen molar-refractivity contribution in [3.63, 3.8) is 0 Å². The van der Waals surface area contributed by atoms with Crippen molar-refractivity contribution in [2.45, 2.75) is 18.7 Å². The molecule has 3 heteroatoms. The zero-order valence-electron chi connectivity index (χ0n) is 8.56. The monoisotopic (exact) mass is 259 g/mol. The van der Waals surface area contributed by atoms with E-state index in [0.29, 0.717) is 5.33 Å². The van der Waals surface area contributed by atoms with Gasteiger partial charge >= 0.3 is 0 Å². The van der Waals surface area contributed by atoms with Gasteiger partial charge in [-0.05, 0) is 18.6 Å². The summed E-state index contributed by atoms with van der Waals surface area (Å²) < 4.78 is 13.4. The molecule has 1 aromatic rings. The highest BCUT2D eigenvalue weighted by molar-refractivity contribution is 9.08. The second kappa shape index (κ2) is 5.35. The SMILES string of the molecule is CCCN(C)c1cccc(F)c1CBr. The van der Waals surface area contributed by atoms with Crippen LogP contribution in [0.2, 0.25) is 0 Å². The molecule has 0 heterocycles. The zero-order valence-corrected chi connectivity index (χ0v) is 10.1. The van der Waals surface area contributed by atoms with Crippen LogP contribution < -0.4 is 4.90 Å². The van der Waals surface area contributed by atoms with E-state index in [1.807, 2.05) is 13.1 Å². The van der Waals surface area contributed by atoms with Gasteiger partial charge in [0.1, 0.15) is 5.82 Å². The lowest BCUT2D eigenvalue weighted by Crippen LogP contribution is -2.19. The van der Waals surface area contributed by atoms with Gasteiger partial charge in [0.15, 0.2) is 0 Å². The van der Waals surface area contributed by atoms with E-state index in [1.165, 1.54) is 6.07 Å². The summed E-state index contributed by atoms with van der Waals surface area (Å²) in [6, 6.07) is 5.21. The van der Waals surface area contributed by atoms with Gasteiger partial charge in [-0.1, -0.05) is 28.9 Å². The molecule has 14 heavy (non-hydrogen) atoms. The normalized spacial score (nSPS) is 10.3. The summed E-state index contributed by atoms with van der Waals surface area (Å²) in [6.07, 6.45) is 1.06. The topological polar surface area (TPSA) is 3.24 Å². The summed E-state index contributed by atoms with van der Waals surface area (Å²) in [5, 5.41) is 0.559. The Balaban J connectivity index is 3.00. The van der Waals surface area contributed by atoms with E-state index in [1.54, 1.807) is 6.07 Å². The number of halogens is 2. The molecule has 0 saturated carbocycles. The molecule has 78 valence electrons. The smallest absolute Gasteiger partial charge is 0.129 e. The maximum atomic E-state index is 13.4. The third-order valence-corrected chi connectivity index (χ3v) is 2.76. The molecule has 1 rings (SSSR count). The predicted molar refractivity (Wildman–Crippen MR) is 62.6 cm³/mol. The molecule has 1 aromatic carbocycles. The van der Waals surface area contributed by atoms with Gasteiger partial charge in [-0.15, -0.1) is 0 Å². The fourth-order valence-electron chi connectivity index (χ4n) is 1.49. The quantitative estimate of drug-likeness (QED) is 0.748. The van der Waals surface area contributed by atoms with Crippen LogP contribution in [0.3, 0.4) is 0 Å². The highest BCUT2D eigenvalue weighted by Crippen LogP contribution is 2.24. The molecule has 1 nitrogen and oxygen atoms in total. The Morgan fingerprint density at radius 3 is 2.71 bits per heavy atom. The van der Waals surface area contributed by atoms with Gasteiger partial charge in [-0.25, -0.2) is 4.39 Å². The molecule has 0 N–H and O–H groups in total. The lowest BCUT2D eigenvalue weighted by atomic mass is 10.1. The molecule has 0 aliphatic rings. The first kappa shape index (κ1) is 11.5. The van der Waals surface area contributed by atoms with Crippen molar-refractivity contribution in [2.24, 2.45) is 0 Å². The second-order valence-electron chi connectivity index (χ2n) is 3.29. The van der Waals surface area contributed by atoms with Crippen LogP contribution in [0.4, 0.5) is 10.1 Å². The Labute approximate surface area is 93.0 Å². The number of rotatable bonds is 4. The lowest BCUT2D eigenvalue weighted by Gasteiger charge is -2.21. The minimum absolute atomic E-state index is 0.137. The summed E-state index contributed by atoms with van der Waals surface area (Å²) in [7, 11) is 1.99. The second-order valence-corrected chi connectivity index (χ2v) is 3.85. The van der Waals surface area contributed by atoms with Gasteiger partial charge < -0.3 is 4.90 Å². The Bertz CT molecular complexity index is 301. The Morgan fingerprint density at radius 1 is 1.43 bits per heavy atom. The van der Waals surface area contributed by atoms with E-state index in [2.05, 4.69) is 27.8 Å². The van der Waals surface area contributed by atoms with Crippen molar-refractivity contribution in [3.05, 3.63) is 29.6 Å². The molecule has 0 aliphatic heterocycles. The number of benzene rings is 1. The number of anilines is 1. The molecule has 0 bridgehead atoms. The molecule has 0 spiro atoms. The van der Waals surface area contributed by atoms with E-state index in [9.17, 15) is 4.39 Å². The third-order valence-electron chi connectivity index (χ3n) is 2.20. The van der Waals surface area contributed by atoms with Crippen LogP contribution in [0.1, 0.15) is 18.9 Å². The summed E-state index contributed by atoms with van der Waals surface area (Å²) in [5.74, 6) is -0.137. The maximum absolute atomic E-state index is 13.4. The first-order valence-electron chi connectivity index (χ1n) is 4.75. The molecule has 0 atom stereocenters. The van der Waals surface area contributed by atoms with Crippen LogP contribution in [0, 0.1) is 5.82 Å². The number of alkyl halides is 1. The molecule has 0 aliphatic carbocycles. The fraction of sp³-hybridized carbons (Fsp3) is 0.455. The molecular weight excluding hydrogens is 245 g/mol. The maximum Gasteiger partial charge on any atom is 0.129 e. The van der Waals surface area contributed by atoms with Crippen molar-refractivity contribution in [1.29, 1.82) is 0 Å². The van der Waals surface area contributed by atoms with Gasteiger partial charge in [-0.3, -0.25) is 0 Å². The Kier molecular flexibility index (Phi) is 4.39. The standard InChI is InChI=1S/C11H15BrFN/c1-3-7-14(2)11-6-4-5-10(13)9(11)8-12/h4-6H,3,7-8H2,1-2H3. The summed E-state index contributed by atoms with van der Waals surface area (Å²) >= 11 is 3.31. The molecular formula is C11H15BrFN. The highest BCUT2D eigenvalue weighted by atomic mass is 79.9. The van der Waals surface area contributed by atoms with Gasteiger partial charge in [0.05, 0.1) is 0 Å². The fourth-order valence-corrected chi connectivity index (χ4v) is 2.05. The number of hydrogen-bond acceptors (Lipinski definition) is 1. The van der Waals surface area contributed by atoms with Crippen molar-refractivity contribution in [1.82, 2.24) is 0 Å². The number of nitrogens with zero attached hydrogens (tertiary/aromatic N) is 1. The number of hydrogen-bond donors (Lipinski definition) is 0. The third kappa shape index (κ3) is 2.47. The summed E-state index contributed by atoms with van der Waals surface area (Å²) in [5.41, 5.74) is 1.71. The van der Waals surface area contributed by atoms with Gasteiger partial charge in [0.25, 0.3) is 0 Å². The predicted octanol–water partition coefficient (Wildman–Crippen LogP) is 3.57. The largest absolute Gasteiger partial charge is 0.374 e. The molecule has 0 aromatic heterocycles. The van der Waals surface area contributed by atoms with Gasteiger partial charge in [0.2, 0.25) is 0 Å². The van der Waals surface area contributed by atoms with Crippen molar-refractivity contribution in [3.8, 4) is 0 Å². The average Bonchev–Trinajstić information content (AvgIpc) is 2.17. The van der Waals surface area contributed by atoms with Crippen LogP contribution in [-0.4, -0.2) is 13.6 Å². The average molecular weight is 260 g/mol. The first-order valence-corrected chi connectivity index (χ1v) is 5.87. The molecule has 0 fully saturated rings. The van der Waals surface area contributed by atoms with E-state index < -0.39 is 0 Å². The van der Waals surface area contributed by atoms with Crippen molar-refractivity contribution >= 4 is 21.6 Å². The van der Waals surface area contributed by atoms with E-state index >= 15 is 0 Å². The van der Waals surface area contributed by atoms with E-state index in [-0.39, 0.29) is 5.82 Å².